The summed E-state index contributed by atoms with van der Waals surface area (Å²) in [7, 11) is 0. The quantitative estimate of drug-likeness (QED) is 0.473. The van der Waals surface area contributed by atoms with Crippen molar-refractivity contribution in [2.75, 3.05) is 6.54 Å². The van der Waals surface area contributed by atoms with Gasteiger partial charge in [-0.05, 0) is 38.8 Å². The Hall–Kier alpha value is -2.67. The van der Waals surface area contributed by atoms with E-state index in [-0.39, 0.29) is 0 Å². The Morgan fingerprint density at radius 1 is 1.18 bits per heavy atom. The lowest BCUT2D eigenvalue weighted by Crippen LogP contribution is -2.36. The molecule has 1 aromatic carbocycles. The number of nitrogens with one attached hydrogen (secondary N) is 2. The van der Waals surface area contributed by atoms with Gasteiger partial charge in [0.1, 0.15) is 10.8 Å². The SMILES string of the molecule is CCNC(=NCc1cccc(Cn2ccnc2C)c1)NCc1nc(C)c(C)s1. The van der Waals surface area contributed by atoms with Crippen molar-refractivity contribution in [1.29, 1.82) is 0 Å². The average molecular weight is 397 g/mol. The molecule has 0 aliphatic rings. The summed E-state index contributed by atoms with van der Waals surface area (Å²) in [6.07, 6.45) is 3.85. The van der Waals surface area contributed by atoms with E-state index in [2.05, 4.69) is 63.3 Å². The molecule has 0 saturated heterocycles. The highest BCUT2D eigenvalue weighted by Gasteiger charge is 2.05. The summed E-state index contributed by atoms with van der Waals surface area (Å²) < 4.78 is 2.14. The standard InChI is InChI=1S/C21H28N6S/c1-5-22-21(25-13-20-26-15(2)16(3)28-20)24-12-18-7-6-8-19(11-18)14-27-10-9-23-17(27)4/h6-11H,5,12-14H2,1-4H3,(H2,22,24,25). The number of benzene rings is 1. The van der Waals surface area contributed by atoms with Crippen molar-refractivity contribution in [3.05, 3.63) is 69.2 Å². The van der Waals surface area contributed by atoms with E-state index >= 15 is 0 Å². The van der Waals surface area contributed by atoms with Crippen molar-refractivity contribution in [3.8, 4) is 0 Å². The molecule has 7 heteroatoms. The zero-order valence-corrected chi connectivity index (χ0v) is 17.8. The van der Waals surface area contributed by atoms with Gasteiger partial charge in [0.25, 0.3) is 0 Å². The molecule has 0 bridgehead atoms. The van der Waals surface area contributed by atoms with E-state index in [1.165, 1.54) is 16.0 Å². The summed E-state index contributed by atoms with van der Waals surface area (Å²) in [5.41, 5.74) is 3.54. The fourth-order valence-corrected chi connectivity index (χ4v) is 3.75. The number of imidazole rings is 1. The van der Waals surface area contributed by atoms with Crippen molar-refractivity contribution >= 4 is 17.3 Å². The molecule has 0 atom stereocenters. The maximum atomic E-state index is 4.74. The molecule has 0 radical (unpaired) electrons. The van der Waals surface area contributed by atoms with Gasteiger partial charge in [0, 0.05) is 30.4 Å². The number of aliphatic imine (C=N–C) groups is 1. The van der Waals surface area contributed by atoms with Gasteiger partial charge in [0.2, 0.25) is 0 Å². The molecular weight excluding hydrogens is 368 g/mol. The number of guanidine groups is 1. The van der Waals surface area contributed by atoms with Gasteiger partial charge < -0.3 is 15.2 Å². The summed E-state index contributed by atoms with van der Waals surface area (Å²) in [5.74, 6) is 1.83. The molecule has 3 aromatic rings. The third-order valence-corrected chi connectivity index (χ3v) is 5.58. The lowest BCUT2D eigenvalue weighted by molar-refractivity contribution is 0.760. The summed E-state index contributed by atoms with van der Waals surface area (Å²) >= 11 is 1.73. The Bertz CT molecular complexity index is 921. The molecule has 0 fully saturated rings. The van der Waals surface area contributed by atoms with Crippen molar-refractivity contribution in [3.63, 3.8) is 0 Å². The molecule has 2 aromatic heterocycles. The number of aryl methyl sites for hydroxylation is 3. The number of rotatable bonds is 7. The fraction of sp³-hybridized carbons (Fsp3) is 0.381. The lowest BCUT2D eigenvalue weighted by Gasteiger charge is -2.11. The first-order chi connectivity index (χ1) is 13.5. The second-order valence-corrected chi connectivity index (χ2v) is 8.01. The third kappa shape index (κ3) is 5.42. The van der Waals surface area contributed by atoms with E-state index in [0.717, 1.165) is 35.6 Å². The van der Waals surface area contributed by atoms with E-state index in [0.29, 0.717) is 13.1 Å². The Labute approximate surface area is 170 Å². The van der Waals surface area contributed by atoms with Crippen LogP contribution in [0.3, 0.4) is 0 Å². The molecule has 2 heterocycles. The van der Waals surface area contributed by atoms with Gasteiger partial charge in [-0.2, -0.15) is 0 Å². The number of nitrogens with zero attached hydrogens (tertiary/aromatic N) is 4. The topological polar surface area (TPSA) is 67.1 Å². The smallest absolute Gasteiger partial charge is 0.191 e. The van der Waals surface area contributed by atoms with Crippen molar-refractivity contribution in [1.82, 2.24) is 25.2 Å². The van der Waals surface area contributed by atoms with Crippen LogP contribution in [0.2, 0.25) is 0 Å². The van der Waals surface area contributed by atoms with E-state index < -0.39 is 0 Å². The van der Waals surface area contributed by atoms with Crippen LogP contribution in [0, 0.1) is 20.8 Å². The normalized spacial score (nSPS) is 11.6. The molecule has 0 aliphatic carbocycles. The molecule has 0 saturated carbocycles. The first-order valence-corrected chi connectivity index (χ1v) is 10.4. The molecule has 0 amide bonds. The summed E-state index contributed by atoms with van der Waals surface area (Å²) in [6.45, 7) is 11.2. The van der Waals surface area contributed by atoms with Gasteiger partial charge in [-0.3, -0.25) is 0 Å². The van der Waals surface area contributed by atoms with Gasteiger partial charge in [-0.1, -0.05) is 24.3 Å². The molecule has 3 rings (SSSR count). The van der Waals surface area contributed by atoms with E-state index in [4.69, 9.17) is 4.99 Å². The molecule has 0 aliphatic heterocycles. The van der Waals surface area contributed by atoms with Crippen molar-refractivity contribution in [2.45, 2.75) is 47.3 Å². The Morgan fingerprint density at radius 3 is 2.68 bits per heavy atom. The van der Waals surface area contributed by atoms with Crippen LogP contribution in [0.4, 0.5) is 0 Å². The van der Waals surface area contributed by atoms with Crippen LogP contribution in [-0.4, -0.2) is 27.0 Å². The van der Waals surface area contributed by atoms with Crippen molar-refractivity contribution < 1.29 is 0 Å². The van der Waals surface area contributed by atoms with Crippen LogP contribution in [0.1, 0.15) is 39.5 Å². The van der Waals surface area contributed by atoms with Gasteiger partial charge in [0.15, 0.2) is 5.96 Å². The monoisotopic (exact) mass is 396 g/mol. The maximum absolute atomic E-state index is 4.74. The predicted octanol–water partition coefficient (Wildman–Crippen LogP) is 3.57. The molecular formula is C21H28N6S. The fourth-order valence-electron chi connectivity index (χ4n) is 2.88. The first-order valence-electron chi connectivity index (χ1n) is 9.55. The highest BCUT2D eigenvalue weighted by Crippen LogP contribution is 2.16. The van der Waals surface area contributed by atoms with Crippen molar-refractivity contribution in [2.24, 2.45) is 4.99 Å². The Balaban J connectivity index is 1.63. The maximum Gasteiger partial charge on any atom is 0.191 e. The second-order valence-electron chi connectivity index (χ2n) is 6.72. The Morgan fingerprint density at radius 2 is 2.00 bits per heavy atom. The van der Waals surface area contributed by atoms with Gasteiger partial charge in [-0.15, -0.1) is 11.3 Å². The number of hydrogen-bond donors (Lipinski definition) is 2. The molecule has 0 unspecified atom stereocenters. The van der Waals surface area contributed by atoms with Crippen LogP contribution < -0.4 is 10.6 Å². The highest BCUT2D eigenvalue weighted by atomic mass is 32.1. The van der Waals surface area contributed by atoms with Gasteiger partial charge in [-0.25, -0.2) is 15.0 Å². The molecule has 148 valence electrons. The number of aromatic nitrogens is 3. The van der Waals surface area contributed by atoms with Gasteiger partial charge >= 0.3 is 0 Å². The summed E-state index contributed by atoms with van der Waals surface area (Å²) in [5, 5.41) is 7.77. The highest BCUT2D eigenvalue weighted by molar-refractivity contribution is 7.11. The third-order valence-electron chi connectivity index (χ3n) is 4.51. The van der Waals surface area contributed by atoms with Crippen LogP contribution in [0.15, 0.2) is 41.7 Å². The average Bonchev–Trinajstić information content (AvgIpc) is 3.23. The van der Waals surface area contributed by atoms with Gasteiger partial charge in [0.05, 0.1) is 18.8 Å². The number of thiazole rings is 1. The first kappa shape index (κ1) is 20.1. The number of hydrogen-bond acceptors (Lipinski definition) is 4. The second kappa shape index (κ2) is 9.50. The predicted molar refractivity (Wildman–Crippen MR) is 116 cm³/mol. The minimum absolute atomic E-state index is 0.627. The molecule has 0 spiro atoms. The molecule has 28 heavy (non-hydrogen) atoms. The Kier molecular flexibility index (Phi) is 6.81. The van der Waals surface area contributed by atoms with Crippen LogP contribution in [0.5, 0.6) is 0 Å². The van der Waals surface area contributed by atoms with Crippen LogP contribution >= 0.6 is 11.3 Å². The minimum atomic E-state index is 0.627. The largest absolute Gasteiger partial charge is 0.357 e. The lowest BCUT2D eigenvalue weighted by atomic mass is 10.1. The summed E-state index contributed by atoms with van der Waals surface area (Å²) in [6, 6.07) is 8.56. The van der Waals surface area contributed by atoms with Crippen LogP contribution in [0.25, 0.3) is 0 Å². The summed E-state index contributed by atoms with van der Waals surface area (Å²) in [4.78, 5) is 14.9. The molecule has 6 nitrogen and oxygen atoms in total. The van der Waals surface area contributed by atoms with Crippen LogP contribution in [-0.2, 0) is 19.6 Å². The van der Waals surface area contributed by atoms with E-state index in [1.54, 1.807) is 11.3 Å². The minimum Gasteiger partial charge on any atom is -0.357 e. The molecule has 2 N–H and O–H groups in total. The zero-order chi connectivity index (χ0) is 19.9. The van der Waals surface area contributed by atoms with E-state index in [1.807, 2.05) is 26.2 Å². The van der Waals surface area contributed by atoms with E-state index in [9.17, 15) is 0 Å². The zero-order valence-electron chi connectivity index (χ0n) is 17.0.